The Morgan fingerprint density at radius 2 is 1.65 bits per heavy atom. The van der Waals surface area contributed by atoms with E-state index < -0.39 is 0 Å². The van der Waals surface area contributed by atoms with E-state index in [9.17, 15) is 0 Å². The van der Waals surface area contributed by atoms with Gasteiger partial charge in [-0.1, -0.05) is 58.2 Å². The van der Waals surface area contributed by atoms with Crippen LogP contribution in [0.3, 0.4) is 0 Å². The molecule has 0 spiro atoms. The number of anilines is 1. The number of para-hydroxylation sites is 1. The van der Waals surface area contributed by atoms with Gasteiger partial charge in [-0.3, -0.25) is 0 Å². The van der Waals surface area contributed by atoms with Gasteiger partial charge in [-0.15, -0.1) is 0 Å². The summed E-state index contributed by atoms with van der Waals surface area (Å²) in [7, 11) is 0. The van der Waals surface area contributed by atoms with E-state index in [1.165, 1.54) is 24.8 Å². The first-order valence-electron chi connectivity index (χ1n) is 9.86. The third kappa shape index (κ3) is 7.38. The van der Waals surface area contributed by atoms with Crippen molar-refractivity contribution in [3.05, 3.63) is 54.1 Å². The Labute approximate surface area is 158 Å². The van der Waals surface area contributed by atoms with Gasteiger partial charge in [0.05, 0.1) is 13.2 Å². The zero-order chi connectivity index (χ0) is 18.6. The zero-order valence-corrected chi connectivity index (χ0v) is 16.5. The molecule has 1 N–H and O–H groups in total. The second-order valence-electron chi connectivity index (χ2n) is 7.10. The Morgan fingerprint density at radius 3 is 2.38 bits per heavy atom. The minimum atomic E-state index is 0.519. The van der Waals surface area contributed by atoms with Gasteiger partial charge in [-0.25, -0.2) is 0 Å². The molecule has 0 heterocycles. The average molecular weight is 356 g/mol. The molecule has 0 aliphatic carbocycles. The normalized spacial score (nSPS) is 10.8. The maximum absolute atomic E-state index is 5.92. The highest BCUT2D eigenvalue weighted by Crippen LogP contribution is 2.21. The SMILES string of the molecule is CCCCCCOc1ccc(NCc2ccccc2OCC(C)C)cc1. The molecule has 3 heteroatoms. The first kappa shape index (κ1) is 20.2. The summed E-state index contributed by atoms with van der Waals surface area (Å²) in [4.78, 5) is 0. The maximum atomic E-state index is 5.92. The fraction of sp³-hybridized carbons (Fsp3) is 0.478. The summed E-state index contributed by atoms with van der Waals surface area (Å²) in [6, 6.07) is 16.4. The predicted molar refractivity (Wildman–Crippen MR) is 110 cm³/mol. The minimum Gasteiger partial charge on any atom is -0.494 e. The standard InChI is InChI=1S/C23H33NO2/c1-4-5-6-9-16-25-22-14-12-21(13-15-22)24-17-20-10-7-8-11-23(20)26-18-19(2)3/h7-8,10-15,19,24H,4-6,9,16-18H2,1-3H3. The smallest absolute Gasteiger partial charge is 0.124 e. The van der Waals surface area contributed by atoms with E-state index in [2.05, 4.69) is 50.4 Å². The largest absolute Gasteiger partial charge is 0.494 e. The number of hydrogen-bond donors (Lipinski definition) is 1. The van der Waals surface area contributed by atoms with Crippen molar-refractivity contribution in [2.24, 2.45) is 5.92 Å². The molecular formula is C23H33NO2. The van der Waals surface area contributed by atoms with E-state index in [-0.39, 0.29) is 0 Å². The van der Waals surface area contributed by atoms with Gasteiger partial charge in [0.15, 0.2) is 0 Å². The molecule has 0 aliphatic rings. The van der Waals surface area contributed by atoms with Crippen LogP contribution in [-0.2, 0) is 6.54 Å². The number of unbranched alkanes of at least 4 members (excludes halogenated alkanes) is 3. The van der Waals surface area contributed by atoms with Gasteiger partial charge in [0.25, 0.3) is 0 Å². The van der Waals surface area contributed by atoms with Crippen molar-refractivity contribution >= 4 is 5.69 Å². The van der Waals surface area contributed by atoms with Gasteiger partial charge in [0.2, 0.25) is 0 Å². The monoisotopic (exact) mass is 355 g/mol. The fourth-order valence-electron chi connectivity index (χ4n) is 2.63. The van der Waals surface area contributed by atoms with Crippen molar-refractivity contribution in [1.82, 2.24) is 0 Å². The summed E-state index contributed by atoms with van der Waals surface area (Å²) in [6.07, 6.45) is 4.91. The van der Waals surface area contributed by atoms with E-state index in [4.69, 9.17) is 9.47 Å². The number of nitrogens with one attached hydrogen (secondary N) is 1. The van der Waals surface area contributed by atoms with Crippen LogP contribution in [0.1, 0.15) is 52.0 Å². The van der Waals surface area contributed by atoms with E-state index in [1.54, 1.807) is 0 Å². The van der Waals surface area contributed by atoms with Gasteiger partial charge in [-0.2, -0.15) is 0 Å². The molecule has 0 fully saturated rings. The van der Waals surface area contributed by atoms with Crippen LogP contribution in [0.5, 0.6) is 11.5 Å². The highest BCUT2D eigenvalue weighted by atomic mass is 16.5. The Balaban J connectivity index is 1.81. The summed E-state index contributed by atoms with van der Waals surface area (Å²) in [5.41, 5.74) is 2.26. The molecule has 3 nitrogen and oxygen atoms in total. The van der Waals surface area contributed by atoms with Gasteiger partial charge in [-0.05, 0) is 42.7 Å². The third-order valence-corrected chi connectivity index (χ3v) is 4.15. The first-order valence-corrected chi connectivity index (χ1v) is 9.86. The minimum absolute atomic E-state index is 0.519. The molecule has 0 aromatic heterocycles. The van der Waals surface area contributed by atoms with Crippen molar-refractivity contribution in [2.45, 2.75) is 53.0 Å². The van der Waals surface area contributed by atoms with E-state index in [0.717, 1.165) is 43.4 Å². The molecule has 2 aromatic carbocycles. The Hall–Kier alpha value is -2.16. The van der Waals surface area contributed by atoms with E-state index >= 15 is 0 Å². The van der Waals surface area contributed by atoms with Crippen LogP contribution in [0.2, 0.25) is 0 Å². The summed E-state index contributed by atoms with van der Waals surface area (Å²) in [5, 5.41) is 3.46. The lowest BCUT2D eigenvalue weighted by Crippen LogP contribution is -2.08. The van der Waals surface area contributed by atoms with Crippen molar-refractivity contribution in [1.29, 1.82) is 0 Å². The molecule has 0 saturated heterocycles. The van der Waals surface area contributed by atoms with E-state index in [0.29, 0.717) is 5.92 Å². The number of ether oxygens (including phenoxy) is 2. The Kier molecular flexibility index (Phi) is 8.88. The molecular weight excluding hydrogens is 322 g/mol. The van der Waals surface area contributed by atoms with Crippen molar-refractivity contribution in [3.8, 4) is 11.5 Å². The quantitative estimate of drug-likeness (QED) is 0.454. The van der Waals surface area contributed by atoms with Gasteiger partial charge < -0.3 is 14.8 Å². The first-order chi connectivity index (χ1) is 12.7. The molecule has 2 aromatic rings. The third-order valence-electron chi connectivity index (χ3n) is 4.15. The summed E-state index contributed by atoms with van der Waals surface area (Å²) in [5.74, 6) is 2.42. The van der Waals surface area contributed by atoms with Crippen molar-refractivity contribution in [3.63, 3.8) is 0 Å². The van der Waals surface area contributed by atoms with Crippen LogP contribution in [-0.4, -0.2) is 13.2 Å². The number of rotatable bonds is 12. The molecule has 0 saturated carbocycles. The summed E-state index contributed by atoms with van der Waals surface area (Å²) in [6.45, 7) is 8.82. The molecule has 142 valence electrons. The molecule has 0 atom stereocenters. The topological polar surface area (TPSA) is 30.5 Å². The Morgan fingerprint density at radius 1 is 0.885 bits per heavy atom. The fourth-order valence-corrected chi connectivity index (χ4v) is 2.63. The highest BCUT2D eigenvalue weighted by molar-refractivity contribution is 5.47. The van der Waals surface area contributed by atoms with Gasteiger partial charge in [0, 0.05) is 17.8 Å². The summed E-state index contributed by atoms with van der Waals surface area (Å²) >= 11 is 0. The molecule has 26 heavy (non-hydrogen) atoms. The van der Waals surface area contributed by atoms with Crippen LogP contribution < -0.4 is 14.8 Å². The van der Waals surface area contributed by atoms with Crippen LogP contribution in [0.4, 0.5) is 5.69 Å². The lowest BCUT2D eigenvalue weighted by atomic mass is 10.2. The lowest BCUT2D eigenvalue weighted by molar-refractivity contribution is 0.269. The molecule has 2 rings (SSSR count). The molecule has 0 amide bonds. The van der Waals surface area contributed by atoms with Gasteiger partial charge in [0.1, 0.15) is 11.5 Å². The van der Waals surface area contributed by atoms with Crippen molar-refractivity contribution < 1.29 is 9.47 Å². The molecule has 0 aliphatic heterocycles. The van der Waals surface area contributed by atoms with Gasteiger partial charge >= 0.3 is 0 Å². The molecule has 0 bridgehead atoms. The van der Waals surface area contributed by atoms with Crippen LogP contribution in [0.25, 0.3) is 0 Å². The van der Waals surface area contributed by atoms with E-state index in [1.807, 2.05) is 24.3 Å². The van der Waals surface area contributed by atoms with Crippen LogP contribution in [0, 0.1) is 5.92 Å². The lowest BCUT2D eigenvalue weighted by Gasteiger charge is -2.14. The molecule has 0 radical (unpaired) electrons. The predicted octanol–water partition coefficient (Wildman–Crippen LogP) is 6.29. The number of benzene rings is 2. The van der Waals surface area contributed by atoms with Crippen LogP contribution in [0.15, 0.2) is 48.5 Å². The van der Waals surface area contributed by atoms with Crippen molar-refractivity contribution in [2.75, 3.05) is 18.5 Å². The highest BCUT2D eigenvalue weighted by Gasteiger charge is 2.04. The number of hydrogen-bond acceptors (Lipinski definition) is 3. The molecule has 0 unspecified atom stereocenters. The van der Waals surface area contributed by atoms with Crippen LogP contribution >= 0.6 is 0 Å². The second-order valence-corrected chi connectivity index (χ2v) is 7.10. The second kappa shape index (κ2) is 11.5. The Bertz CT molecular complexity index is 622. The summed E-state index contributed by atoms with van der Waals surface area (Å²) < 4.78 is 11.7. The zero-order valence-electron chi connectivity index (χ0n) is 16.5. The maximum Gasteiger partial charge on any atom is 0.124 e. The average Bonchev–Trinajstić information content (AvgIpc) is 2.66.